The molecular weight excluding hydrogens is 208 g/mol. The van der Waals surface area contributed by atoms with Crippen molar-refractivity contribution in [3.63, 3.8) is 0 Å². The monoisotopic (exact) mass is 230 g/mol. The van der Waals surface area contributed by atoms with Gasteiger partial charge in [-0.05, 0) is 44.6 Å². The van der Waals surface area contributed by atoms with Crippen molar-refractivity contribution in [2.75, 3.05) is 0 Å². The Morgan fingerprint density at radius 3 is 2.59 bits per heavy atom. The molecule has 0 heterocycles. The molecule has 0 amide bonds. The second kappa shape index (κ2) is 5.99. The number of hydrogen-bond donors (Lipinski definition) is 2. The molecule has 2 nitrogen and oxygen atoms in total. The van der Waals surface area contributed by atoms with E-state index in [2.05, 4.69) is 42.7 Å². The van der Waals surface area contributed by atoms with Crippen LogP contribution in [0, 0.1) is 6.92 Å². The van der Waals surface area contributed by atoms with E-state index in [4.69, 9.17) is 5.84 Å². The van der Waals surface area contributed by atoms with Crippen LogP contribution in [0.15, 0.2) is 35.9 Å². The Morgan fingerprint density at radius 1 is 1.24 bits per heavy atom. The Balaban J connectivity index is 2.05. The van der Waals surface area contributed by atoms with Gasteiger partial charge in [-0.2, -0.15) is 0 Å². The van der Waals surface area contributed by atoms with Crippen LogP contribution in [-0.2, 0) is 0 Å². The summed E-state index contributed by atoms with van der Waals surface area (Å²) in [5, 5.41) is 0. The Morgan fingerprint density at radius 2 is 2.00 bits per heavy atom. The molecule has 92 valence electrons. The van der Waals surface area contributed by atoms with Gasteiger partial charge in [0.25, 0.3) is 0 Å². The molecule has 1 unspecified atom stereocenters. The molecule has 1 aliphatic carbocycles. The molecule has 1 aromatic carbocycles. The minimum absolute atomic E-state index is 0.250. The van der Waals surface area contributed by atoms with Crippen LogP contribution in [0.2, 0.25) is 0 Å². The maximum atomic E-state index is 5.68. The summed E-state index contributed by atoms with van der Waals surface area (Å²) >= 11 is 0. The van der Waals surface area contributed by atoms with E-state index in [1.807, 2.05) is 0 Å². The molecule has 2 heteroatoms. The summed E-state index contributed by atoms with van der Waals surface area (Å²) in [6.07, 6.45) is 8.58. The first-order chi connectivity index (χ1) is 8.29. The lowest BCUT2D eigenvalue weighted by Crippen LogP contribution is -2.28. The average Bonchev–Trinajstić information content (AvgIpc) is 2.38. The fourth-order valence-corrected chi connectivity index (χ4v) is 2.42. The van der Waals surface area contributed by atoms with Gasteiger partial charge in [0, 0.05) is 6.04 Å². The predicted molar refractivity (Wildman–Crippen MR) is 72.4 cm³/mol. The highest BCUT2D eigenvalue weighted by molar-refractivity contribution is 5.25. The molecule has 2 rings (SSSR count). The Labute approximate surface area is 104 Å². The molecular formula is C15H22N2. The predicted octanol–water partition coefficient (Wildman–Crippen LogP) is 3.39. The highest BCUT2D eigenvalue weighted by Crippen LogP contribution is 2.27. The van der Waals surface area contributed by atoms with Crippen LogP contribution in [0.4, 0.5) is 0 Å². The first kappa shape index (κ1) is 12.3. The maximum Gasteiger partial charge on any atom is 0.0497 e. The van der Waals surface area contributed by atoms with E-state index < -0.39 is 0 Å². The van der Waals surface area contributed by atoms with Crippen molar-refractivity contribution in [2.45, 2.75) is 45.1 Å². The minimum atomic E-state index is 0.250. The van der Waals surface area contributed by atoms with E-state index >= 15 is 0 Å². The minimum Gasteiger partial charge on any atom is -0.271 e. The first-order valence-electron chi connectivity index (χ1n) is 6.50. The number of benzene rings is 1. The van der Waals surface area contributed by atoms with Crippen molar-refractivity contribution < 1.29 is 0 Å². The summed E-state index contributed by atoms with van der Waals surface area (Å²) in [5.41, 5.74) is 7.07. The Bertz CT molecular complexity index is 378. The molecule has 0 radical (unpaired) electrons. The SMILES string of the molecule is Cc1ccc(C(CC2=CCCCC2)NN)cc1. The zero-order valence-electron chi connectivity index (χ0n) is 10.6. The van der Waals surface area contributed by atoms with Gasteiger partial charge in [0.1, 0.15) is 0 Å². The molecule has 0 aromatic heterocycles. The summed E-state index contributed by atoms with van der Waals surface area (Å²) in [6, 6.07) is 8.89. The van der Waals surface area contributed by atoms with E-state index in [1.165, 1.54) is 36.8 Å². The Hall–Kier alpha value is -1.12. The second-order valence-corrected chi connectivity index (χ2v) is 4.94. The molecule has 0 fully saturated rings. The van der Waals surface area contributed by atoms with Crippen molar-refractivity contribution in [3.8, 4) is 0 Å². The van der Waals surface area contributed by atoms with Crippen molar-refractivity contribution in [1.82, 2.24) is 5.43 Å². The van der Waals surface area contributed by atoms with Crippen molar-refractivity contribution in [1.29, 1.82) is 0 Å². The highest BCUT2D eigenvalue weighted by atomic mass is 15.2. The lowest BCUT2D eigenvalue weighted by molar-refractivity contribution is 0.529. The van der Waals surface area contributed by atoms with Gasteiger partial charge in [-0.25, -0.2) is 0 Å². The van der Waals surface area contributed by atoms with E-state index in [0.717, 1.165) is 6.42 Å². The quantitative estimate of drug-likeness (QED) is 0.473. The lowest BCUT2D eigenvalue weighted by Gasteiger charge is -2.20. The molecule has 17 heavy (non-hydrogen) atoms. The van der Waals surface area contributed by atoms with Gasteiger partial charge in [0.05, 0.1) is 0 Å². The summed E-state index contributed by atoms with van der Waals surface area (Å²) in [7, 11) is 0. The number of nitrogens with one attached hydrogen (secondary N) is 1. The lowest BCUT2D eigenvalue weighted by atomic mass is 9.91. The van der Waals surface area contributed by atoms with Gasteiger partial charge < -0.3 is 0 Å². The molecule has 1 aliphatic rings. The maximum absolute atomic E-state index is 5.68. The molecule has 3 N–H and O–H groups in total. The fraction of sp³-hybridized carbons (Fsp3) is 0.467. The van der Waals surface area contributed by atoms with Gasteiger partial charge in [-0.3, -0.25) is 11.3 Å². The van der Waals surface area contributed by atoms with Crippen molar-refractivity contribution >= 4 is 0 Å². The van der Waals surface area contributed by atoms with Crippen LogP contribution in [0.3, 0.4) is 0 Å². The van der Waals surface area contributed by atoms with Crippen LogP contribution in [0.1, 0.15) is 49.3 Å². The van der Waals surface area contributed by atoms with Crippen molar-refractivity contribution in [3.05, 3.63) is 47.0 Å². The first-order valence-corrected chi connectivity index (χ1v) is 6.50. The van der Waals surface area contributed by atoms with E-state index in [-0.39, 0.29) is 6.04 Å². The molecule has 0 saturated heterocycles. The molecule has 0 aliphatic heterocycles. The second-order valence-electron chi connectivity index (χ2n) is 4.94. The van der Waals surface area contributed by atoms with E-state index in [9.17, 15) is 0 Å². The van der Waals surface area contributed by atoms with Crippen LogP contribution < -0.4 is 11.3 Å². The van der Waals surface area contributed by atoms with Gasteiger partial charge in [0.2, 0.25) is 0 Å². The number of hydrazine groups is 1. The number of hydrogen-bond acceptors (Lipinski definition) is 2. The van der Waals surface area contributed by atoms with Gasteiger partial charge in [-0.1, -0.05) is 41.5 Å². The van der Waals surface area contributed by atoms with Gasteiger partial charge >= 0.3 is 0 Å². The zero-order valence-corrected chi connectivity index (χ0v) is 10.6. The van der Waals surface area contributed by atoms with Crippen molar-refractivity contribution in [2.24, 2.45) is 5.84 Å². The van der Waals surface area contributed by atoms with Crippen LogP contribution in [-0.4, -0.2) is 0 Å². The molecule has 0 bridgehead atoms. The average molecular weight is 230 g/mol. The molecule has 0 saturated carbocycles. The van der Waals surface area contributed by atoms with Gasteiger partial charge in [0.15, 0.2) is 0 Å². The fourth-order valence-electron chi connectivity index (χ4n) is 2.42. The van der Waals surface area contributed by atoms with E-state index in [1.54, 1.807) is 5.57 Å². The highest BCUT2D eigenvalue weighted by Gasteiger charge is 2.13. The molecule has 1 atom stereocenters. The van der Waals surface area contributed by atoms with Crippen LogP contribution >= 0.6 is 0 Å². The third-order valence-corrected chi connectivity index (χ3v) is 3.53. The third-order valence-electron chi connectivity index (χ3n) is 3.53. The molecule has 1 aromatic rings. The standard InChI is InChI=1S/C15H22N2/c1-12-7-9-14(10-8-12)15(17-16)11-13-5-3-2-4-6-13/h5,7-10,15,17H,2-4,6,11,16H2,1H3. The number of aryl methyl sites for hydroxylation is 1. The van der Waals surface area contributed by atoms with Crippen LogP contribution in [0.5, 0.6) is 0 Å². The summed E-state index contributed by atoms with van der Waals surface area (Å²) in [4.78, 5) is 0. The third kappa shape index (κ3) is 3.42. The zero-order chi connectivity index (χ0) is 12.1. The summed E-state index contributed by atoms with van der Waals surface area (Å²) in [6.45, 7) is 2.11. The largest absolute Gasteiger partial charge is 0.271 e. The molecule has 0 spiro atoms. The number of rotatable bonds is 4. The Kier molecular flexibility index (Phi) is 4.35. The summed E-state index contributed by atoms with van der Waals surface area (Å²) < 4.78 is 0. The normalized spacial score (nSPS) is 17.6. The topological polar surface area (TPSA) is 38.0 Å². The van der Waals surface area contributed by atoms with Gasteiger partial charge in [-0.15, -0.1) is 0 Å². The van der Waals surface area contributed by atoms with Crippen LogP contribution in [0.25, 0.3) is 0 Å². The smallest absolute Gasteiger partial charge is 0.0497 e. The summed E-state index contributed by atoms with van der Waals surface area (Å²) in [5.74, 6) is 5.68. The number of nitrogens with two attached hydrogens (primary N) is 1. The number of allylic oxidation sites excluding steroid dienone is 1. The van der Waals surface area contributed by atoms with E-state index in [0.29, 0.717) is 0 Å².